The van der Waals surface area contributed by atoms with Crippen LogP contribution in [0, 0.1) is 0 Å². The molecule has 0 radical (unpaired) electrons. The van der Waals surface area contributed by atoms with Crippen LogP contribution in [0.15, 0.2) is 23.8 Å². The number of allylic oxidation sites excluding steroid dienone is 4. The van der Waals surface area contributed by atoms with Crippen LogP contribution in [0.2, 0.25) is 0 Å². The van der Waals surface area contributed by atoms with Crippen molar-refractivity contribution in [1.29, 1.82) is 0 Å². The topological polar surface area (TPSA) is 0 Å². The molecule has 0 aliphatic heterocycles. The van der Waals surface area contributed by atoms with Crippen molar-refractivity contribution in [3.63, 3.8) is 0 Å². The van der Waals surface area contributed by atoms with Crippen LogP contribution in [0.5, 0.6) is 0 Å². The molecule has 0 saturated carbocycles. The van der Waals surface area contributed by atoms with Crippen molar-refractivity contribution in [1.82, 2.24) is 0 Å². The zero-order chi connectivity index (χ0) is 6.53. The molecule has 0 aromatic heterocycles. The third-order valence-electron chi connectivity index (χ3n) is 1.70. The van der Waals surface area contributed by atoms with E-state index in [2.05, 4.69) is 25.2 Å². The van der Waals surface area contributed by atoms with Crippen molar-refractivity contribution in [3.05, 3.63) is 23.8 Å². The third-order valence-corrected chi connectivity index (χ3v) is 1.70. The second-order valence-corrected chi connectivity index (χ2v) is 2.64. The molecule has 1 aliphatic carbocycles. The van der Waals surface area contributed by atoms with Crippen LogP contribution in [0.1, 0.15) is 32.6 Å². The summed E-state index contributed by atoms with van der Waals surface area (Å²) >= 11 is 0. The molecule has 0 aromatic carbocycles. The summed E-state index contributed by atoms with van der Waals surface area (Å²) in [6.45, 7) is 2.22. The van der Waals surface area contributed by atoms with E-state index in [1.54, 1.807) is 5.57 Å². The van der Waals surface area contributed by atoms with Gasteiger partial charge in [0, 0.05) is 0 Å². The molecule has 0 amide bonds. The maximum absolute atomic E-state index is 2.35. The Bertz CT molecular complexity index is 141. The van der Waals surface area contributed by atoms with Crippen LogP contribution in [-0.4, -0.2) is 0 Å². The zero-order valence-corrected chi connectivity index (χ0v) is 10.2. The number of hydrogen-bond donors (Lipinski definition) is 0. The molecule has 1 aliphatic rings. The fraction of sp³-hybridized carbons (Fsp3) is 0.556. The van der Waals surface area contributed by atoms with Gasteiger partial charge in [0.05, 0.1) is 0 Å². The van der Waals surface area contributed by atoms with E-state index in [0.29, 0.717) is 0 Å². The van der Waals surface area contributed by atoms with Gasteiger partial charge in [-0.1, -0.05) is 23.8 Å². The van der Waals surface area contributed by atoms with E-state index in [1.165, 1.54) is 25.7 Å². The summed E-state index contributed by atoms with van der Waals surface area (Å²) in [4.78, 5) is 0. The Morgan fingerprint density at radius 1 is 1.00 bits per heavy atom. The fourth-order valence-electron chi connectivity index (χ4n) is 1.07. The predicted octanol–water partition coefficient (Wildman–Crippen LogP) is -2.93. The fourth-order valence-corrected chi connectivity index (χ4v) is 1.07. The molecule has 12 heavy (non-hydrogen) atoms. The van der Waals surface area contributed by atoms with Gasteiger partial charge in [-0.2, -0.15) is 0 Å². The second-order valence-electron chi connectivity index (χ2n) is 2.64. The van der Waals surface area contributed by atoms with Gasteiger partial charge in [-0.25, -0.2) is 0 Å². The van der Waals surface area contributed by atoms with Crippen LogP contribution in [-0.2, 0) is 20.4 Å². The largest absolute Gasteiger partial charge is 2.00 e. The van der Waals surface area contributed by atoms with Gasteiger partial charge in [-0.15, -0.1) is 0 Å². The van der Waals surface area contributed by atoms with Gasteiger partial charge in [-0.05, 0) is 32.6 Å². The van der Waals surface area contributed by atoms with E-state index < -0.39 is 0 Å². The Hall–Kier alpha value is 0.722. The zero-order valence-electron chi connectivity index (χ0n) is 7.13. The second kappa shape index (κ2) is 11.7. The Morgan fingerprint density at radius 2 is 1.58 bits per heavy atom. The van der Waals surface area contributed by atoms with Crippen LogP contribution < -0.4 is 24.8 Å². The average molecular weight is 300 g/mol. The molecule has 1 rings (SSSR count). The first-order valence-corrected chi connectivity index (χ1v) is 3.70. The van der Waals surface area contributed by atoms with Gasteiger partial charge in [0.2, 0.25) is 0 Å². The molecule has 0 atom stereocenters. The Kier molecular flexibility index (Phi) is 18.1. The summed E-state index contributed by atoms with van der Waals surface area (Å²) in [7, 11) is 0. The molecule has 0 spiro atoms. The molecule has 3 heteroatoms. The van der Waals surface area contributed by atoms with Gasteiger partial charge in [0.25, 0.3) is 0 Å². The van der Waals surface area contributed by atoms with Crippen LogP contribution in [0.3, 0.4) is 0 Å². The molecular formula is C9H14Cl2Pd. The maximum Gasteiger partial charge on any atom is 2.00 e. The van der Waals surface area contributed by atoms with Gasteiger partial charge >= 0.3 is 20.4 Å². The molecule has 74 valence electrons. The summed E-state index contributed by atoms with van der Waals surface area (Å²) in [5.74, 6) is 0. The first-order valence-electron chi connectivity index (χ1n) is 3.70. The van der Waals surface area contributed by atoms with Crippen molar-refractivity contribution in [2.24, 2.45) is 0 Å². The molecule has 0 aromatic rings. The van der Waals surface area contributed by atoms with E-state index in [-0.39, 0.29) is 45.2 Å². The molecule has 0 fully saturated rings. The average Bonchev–Trinajstić information content (AvgIpc) is 1.79. The number of halogens is 2. The minimum Gasteiger partial charge on any atom is -1.00 e. The van der Waals surface area contributed by atoms with Crippen molar-refractivity contribution >= 4 is 0 Å². The van der Waals surface area contributed by atoms with Crippen molar-refractivity contribution < 1.29 is 45.2 Å². The molecule has 0 heterocycles. The number of hydrogen-bond acceptors (Lipinski definition) is 0. The van der Waals surface area contributed by atoms with Crippen LogP contribution in [0.25, 0.3) is 0 Å². The normalized spacial score (nSPS) is 15.2. The molecule has 0 unspecified atom stereocenters. The predicted molar refractivity (Wildman–Crippen MR) is 41.4 cm³/mol. The smallest absolute Gasteiger partial charge is 1.00 e. The van der Waals surface area contributed by atoms with E-state index >= 15 is 0 Å². The van der Waals surface area contributed by atoms with Crippen molar-refractivity contribution in [2.45, 2.75) is 32.6 Å². The summed E-state index contributed by atoms with van der Waals surface area (Å²) < 4.78 is 0. The number of rotatable bonds is 0. The quantitative estimate of drug-likeness (QED) is 0.332. The minimum absolute atomic E-state index is 0. The summed E-state index contributed by atoms with van der Waals surface area (Å²) in [6, 6.07) is 0. The monoisotopic (exact) mass is 298 g/mol. The SMILES string of the molecule is CC1=CCCC=CCC1.[Cl-].[Cl-].[Pd+2]. The summed E-state index contributed by atoms with van der Waals surface area (Å²) in [5, 5.41) is 0. The van der Waals surface area contributed by atoms with E-state index in [4.69, 9.17) is 0 Å². The summed E-state index contributed by atoms with van der Waals surface area (Å²) in [5.41, 5.74) is 1.55. The molecule has 0 nitrogen and oxygen atoms in total. The van der Waals surface area contributed by atoms with Crippen LogP contribution in [0.4, 0.5) is 0 Å². The van der Waals surface area contributed by atoms with Crippen molar-refractivity contribution in [3.8, 4) is 0 Å². The Morgan fingerprint density at radius 3 is 2.25 bits per heavy atom. The Balaban J connectivity index is -0.000000270. The van der Waals surface area contributed by atoms with E-state index in [9.17, 15) is 0 Å². The van der Waals surface area contributed by atoms with Crippen LogP contribution >= 0.6 is 0 Å². The standard InChI is InChI=1S/C9H14.2ClH.Pd/c1-9-7-5-3-2-4-6-8-9;;;/h2-3,8H,4-7H2,1H3;2*1H;/q;;;+2/p-2. The first-order chi connectivity index (χ1) is 4.39. The van der Waals surface area contributed by atoms with Gasteiger partial charge in [0.1, 0.15) is 0 Å². The van der Waals surface area contributed by atoms with Gasteiger partial charge < -0.3 is 24.8 Å². The molecule has 0 bridgehead atoms. The molecule has 0 saturated heterocycles. The summed E-state index contributed by atoms with van der Waals surface area (Å²) in [6.07, 6.45) is 11.9. The first kappa shape index (κ1) is 18.5. The third kappa shape index (κ3) is 8.82. The molecule has 0 N–H and O–H groups in total. The molecular weight excluding hydrogens is 285 g/mol. The minimum atomic E-state index is 0. The van der Waals surface area contributed by atoms with Crippen molar-refractivity contribution in [2.75, 3.05) is 0 Å². The van der Waals surface area contributed by atoms with Gasteiger partial charge in [0.15, 0.2) is 0 Å². The van der Waals surface area contributed by atoms with E-state index in [1.807, 2.05) is 0 Å². The maximum atomic E-state index is 2.35. The van der Waals surface area contributed by atoms with Gasteiger partial charge in [-0.3, -0.25) is 0 Å². The van der Waals surface area contributed by atoms with E-state index in [0.717, 1.165) is 0 Å². The Labute approximate surface area is 101 Å².